The molecule has 0 amide bonds. The van der Waals surface area contributed by atoms with Gasteiger partial charge in [0.15, 0.2) is 5.70 Å². The van der Waals surface area contributed by atoms with Crippen molar-refractivity contribution in [3.8, 4) is 0 Å². The summed E-state index contributed by atoms with van der Waals surface area (Å²) in [6.07, 6.45) is -3.20. The maximum atomic E-state index is 12.6. The van der Waals surface area contributed by atoms with Crippen molar-refractivity contribution in [3.05, 3.63) is 47.3 Å². The minimum absolute atomic E-state index is 0.222. The fourth-order valence-corrected chi connectivity index (χ4v) is 1.99. The highest BCUT2D eigenvalue weighted by atomic mass is 19.4. The average Bonchev–Trinajstić information content (AvgIpc) is 3.06. The lowest BCUT2D eigenvalue weighted by Gasteiger charge is -2.15. The Kier molecular flexibility index (Phi) is 6.17. The number of methoxy groups -OCH3 is 1. The first-order chi connectivity index (χ1) is 12.3. The molecule has 1 aliphatic rings. The molecule has 1 aromatic rings. The summed E-state index contributed by atoms with van der Waals surface area (Å²) in [5.74, 6) is -1.96. The van der Waals surface area contributed by atoms with Gasteiger partial charge >= 0.3 is 18.0 Å². The molecule has 0 aromatic heterocycles. The fraction of sp³-hybridized carbons (Fsp3) is 0.267. The van der Waals surface area contributed by atoms with Crippen LogP contribution < -0.4 is 11.0 Å². The van der Waals surface area contributed by atoms with Crippen molar-refractivity contribution >= 4 is 18.6 Å². The van der Waals surface area contributed by atoms with Gasteiger partial charge < -0.3 is 9.57 Å². The molecule has 2 N–H and O–H groups in total. The summed E-state index contributed by atoms with van der Waals surface area (Å²) in [5.41, 5.74) is 7.10. The maximum Gasteiger partial charge on any atom is 0.471 e. The van der Waals surface area contributed by atoms with Gasteiger partial charge in [-0.25, -0.2) is 9.79 Å². The average molecular weight is 371 g/mol. The molecular weight excluding hydrogens is 355 g/mol. The van der Waals surface area contributed by atoms with Crippen molar-refractivity contribution in [3.63, 3.8) is 0 Å². The summed E-state index contributed by atoms with van der Waals surface area (Å²) in [4.78, 5) is 18.8. The van der Waals surface area contributed by atoms with E-state index < -0.39 is 18.0 Å². The van der Waals surface area contributed by atoms with Crippen molar-refractivity contribution in [1.82, 2.24) is 16.0 Å². The number of hydrogen-bond donors (Lipinski definition) is 2. The third kappa shape index (κ3) is 5.21. The molecule has 11 heteroatoms. The number of nitrogens with zero attached hydrogens (tertiary/aromatic N) is 3. The number of carbonyl (C=O) groups excluding carboxylic acids is 1. The van der Waals surface area contributed by atoms with Crippen LogP contribution in [0.15, 0.2) is 46.3 Å². The fourth-order valence-electron chi connectivity index (χ4n) is 1.99. The van der Waals surface area contributed by atoms with Crippen molar-refractivity contribution in [2.24, 2.45) is 10.1 Å². The van der Waals surface area contributed by atoms with Gasteiger partial charge in [0, 0.05) is 6.72 Å². The van der Waals surface area contributed by atoms with Gasteiger partial charge in [0.2, 0.25) is 0 Å². The highest BCUT2D eigenvalue weighted by Gasteiger charge is 2.39. The number of benzene rings is 1. The number of aliphatic imine (C=N–C) groups is 1. The highest BCUT2D eigenvalue weighted by molar-refractivity contribution is 5.87. The van der Waals surface area contributed by atoms with Crippen LogP contribution in [-0.2, 0) is 27.5 Å². The third-order valence-corrected chi connectivity index (χ3v) is 3.20. The van der Waals surface area contributed by atoms with Crippen molar-refractivity contribution < 1.29 is 27.5 Å². The normalized spacial score (nSPS) is 14.5. The van der Waals surface area contributed by atoms with Gasteiger partial charge in [-0.05, 0) is 11.1 Å². The second kappa shape index (κ2) is 8.34. The molecule has 0 unspecified atom stereocenters. The standard InChI is InChI=1S/C15H16F3N5O3/c1-19-26-14(15(16,17)18)20-7-10-3-5-11(6-4-10)8-23-9-12(21-22-23)13(24)25-2/h3-6,9,21-22H,1,7-8H2,2H3. The van der Waals surface area contributed by atoms with Gasteiger partial charge in [-0.2, -0.15) is 13.2 Å². The number of alkyl halides is 3. The maximum absolute atomic E-state index is 12.6. The second-order valence-electron chi connectivity index (χ2n) is 5.06. The number of halogens is 3. The first-order valence-corrected chi connectivity index (χ1v) is 7.24. The molecule has 8 nitrogen and oxygen atoms in total. The van der Waals surface area contributed by atoms with Crippen LogP contribution in [0.4, 0.5) is 13.2 Å². The first kappa shape index (κ1) is 19.2. The molecule has 0 fully saturated rings. The van der Waals surface area contributed by atoms with Crippen LogP contribution in [0, 0.1) is 0 Å². The molecule has 0 saturated heterocycles. The quantitative estimate of drug-likeness (QED) is 0.342. The Hall–Kier alpha value is -3.08. The van der Waals surface area contributed by atoms with E-state index in [2.05, 4.69) is 37.4 Å². The summed E-state index contributed by atoms with van der Waals surface area (Å²) < 4.78 is 42.4. The number of hydrogen-bond acceptors (Lipinski definition) is 8. The molecule has 1 aliphatic heterocycles. The second-order valence-corrected chi connectivity index (χ2v) is 5.06. The Morgan fingerprint density at radius 3 is 2.50 bits per heavy atom. The van der Waals surface area contributed by atoms with Crippen LogP contribution in [0.1, 0.15) is 11.1 Å². The zero-order chi connectivity index (χ0) is 19.2. The van der Waals surface area contributed by atoms with E-state index in [4.69, 9.17) is 0 Å². The molecular formula is C15H16F3N5O3. The Balaban J connectivity index is 1.97. The predicted octanol–water partition coefficient (Wildman–Crippen LogP) is 1.62. The zero-order valence-corrected chi connectivity index (χ0v) is 13.7. The summed E-state index contributed by atoms with van der Waals surface area (Å²) in [5, 5.41) is 4.37. The smallest absolute Gasteiger partial charge is 0.464 e. The van der Waals surface area contributed by atoms with Crippen molar-refractivity contribution in [2.75, 3.05) is 7.11 Å². The lowest BCUT2D eigenvalue weighted by Crippen LogP contribution is -2.37. The molecule has 26 heavy (non-hydrogen) atoms. The Labute approximate surface area is 146 Å². The molecule has 0 aliphatic carbocycles. The Morgan fingerprint density at radius 1 is 1.27 bits per heavy atom. The number of rotatable bonds is 6. The van der Waals surface area contributed by atoms with Crippen LogP contribution in [-0.4, -0.2) is 36.9 Å². The molecule has 0 saturated carbocycles. The monoisotopic (exact) mass is 371 g/mol. The molecule has 0 radical (unpaired) electrons. The lowest BCUT2D eigenvalue weighted by molar-refractivity contribution is -0.136. The molecule has 2 rings (SSSR count). The Bertz CT molecular complexity index is 716. The molecule has 140 valence electrons. The Morgan fingerprint density at radius 2 is 1.92 bits per heavy atom. The molecule has 1 heterocycles. The minimum Gasteiger partial charge on any atom is -0.464 e. The van der Waals surface area contributed by atoms with E-state index in [1.54, 1.807) is 35.5 Å². The van der Waals surface area contributed by atoms with E-state index in [1.165, 1.54) is 7.11 Å². The lowest BCUT2D eigenvalue weighted by atomic mass is 10.1. The van der Waals surface area contributed by atoms with Gasteiger partial charge in [-0.1, -0.05) is 29.4 Å². The topological polar surface area (TPSA) is 87.6 Å². The van der Waals surface area contributed by atoms with E-state index in [0.717, 1.165) is 5.56 Å². The predicted molar refractivity (Wildman–Crippen MR) is 86.2 cm³/mol. The van der Waals surface area contributed by atoms with E-state index >= 15 is 0 Å². The molecule has 0 bridgehead atoms. The van der Waals surface area contributed by atoms with Gasteiger partial charge in [0.1, 0.15) is 0 Å². The van der Waals surface area contributed by atoms with Crippen LogP contribution in [0.2, 0.25) is 0 Å². The molecule has 1 aromatic carbocycles. The highest BCUT2D eigenvalue weighted by Crippen LogP contribution is 2.19. The van der Waals surface area contributed by atoms with Crippen LogP contribution in [0.5, 0.6) is 0 Å². The van der Waals surface area contributed by atoms with E-state index in [9.17, 15) is 18.0 Å². The number of hydrazine groups is 2. The SMILES string of the molecule is C=NOC(=NCc1ccc(CN2C=C(C(=O)OC)NN2)cc1)C(F)(F)F. The van der Waals surface area contributed by atoms with E-state index in [1.807, 2.05) is 0 Å². The molecule has 0 atom stereocenters. The van der Waals surface area contributed by atoms with Crippen LogP contribution >= 0.6 is 0 Å². The van der Waals surface area contributed by atoms with Crippen molar-refractivity contribution in [1.29, 1.82) is 0 Å². The number of oxime groups is 1. The first-order valence-electron chi connectivity index (χ1n) is 7.24. The van der Waals surface area contributed by atoms with Gasteiger partial charge in [0.25, 0.3) is 0 Å². The summed E-state index contributed by atoms with van der Waals surface area (Å²) in [6.45, 7) is 3.04. The largest absolute Gasteiger partial charge is 0.471 e. The number of esters is 1. The number of ether oxygens (including phenoxy) is 1. The summed E-state index contributed by atoms with van der Waals surface area (Å²) >= 11 is 0. The zero-order valence-electron chi connectivity index (χ0n) is 13.7. The van der Waals surface area contributed by atoms with E-state index in [-0.39, 0.29) is 12.2 Å². The number of carbonyl (C=O) groups is 1. The third-order valence-electron chi connectivity index (χ3n) is 3.20. The summed E-state index contributed by atoms with van der Waals surface area (Å²) in [7, 11) is 1.27. The number of nitrogens with one attached hydrogen (secondary N) is 2. The summed E-state index contributed by atoms with van der Waals surface area (Å²) in [6, 6.07) is 6.75. The minimum atomic E-state index is -4.74. The molecule has 0 spiro atoms. The van der Waals surface area contributed by atoms with Crippen LogP contribution in [0.3, 0.4) is 0 Å². The van der Waals surface area contributed by atoms with Gasteiger partial charge in [-0.15, -0.1) is 5.53 Å². The van der Waals surface area contributed by atoms with Gasteiger partial charge in [0.05, 0.1) is 26.4 Å². The van der Waals surface area contributed by atoms with Gasteiger partial charge in [-0.3, -0.25) is 10.4 Å². The van der Waals surface area contributed by atoms with Crippen LogP contribution in [0.25, 0.3) is 0 Å². The van der Waals surface area contributed by atoms with Crippen molar-refractivity contribution in [2.45, 2.75) is 19.3 Å². The van der Waals surface area contributed by atoms with E-state index in [0.29, 0.717) is 12.1 Å².